The van der Waals surface area contributed by atoms with Gasteiger partial charge in [0.1, 0.15) is 9.84 Å². The second kappa shape index (κ2) is 9.18. The molecule has 0 saturated heterocycles. The monoisotopic (exact) mass is 484 g/mol. The summed E-state index contributed by atoms with van der Waals surface area (Å²) in [6.45, 7) is 2.20. The average Bonchev–Trinajstić information content (AvgIpc) is 3.12. The molecule has 0 radical (unpaired) electrons. The van der Waals surface area contributed by atoms with E-state index in [-0.39, 0.29) is 17.0 Å². The van der Waals surface area contributed by atoms with Crippen LogP contribution in [-0.4, -0.2) is 53.2 Å². The molecule has 3 aromatic heterocycles. The fourth-order valence-electron chi connectivity index (χ4n) is 3.84. The second-order valence-corrected chi connectivity index (χ2v) is 9.91. The number of hydrogen-bond acceptors (Lipinski definition) is 7. The summed E-state index contributed by atoms with van der Waals surface area (Å²) in [5.74, 6) is 0.595. The molecule has 0 saturated carbocycles. The molecule has 4 aromatic rings. The zero-order valence-electron chi connectivity index (χ0n) is 18.9. The Bertz CT molecular complexity index is 1570. The normalized spacial score (nSPS) is 12.6. The molecule has 34 heavy (non-hydrogen) atoms. The van der Waals surface area contributed by atoms with Crippen LogP contribution < -0.4 is 20.7 Å². The molecule has 1 N–H and O–H groups in total. The number of methoxy groups -OCH3 is 1. The van der Waals surface area contributed by atoms with E-state index in [9.17, 15) is 18.0 Å². The van der Waals surface area contributed by atoms with E-state index >= 15 is 0 Å². The largest absolute Gasteiger partial charge is 0.493 e. The van der Waals surface area contributed by atoms with E-state index in [1.165, 1.54) is 28.5 Å². The predicted molar refractivity (Wildman–Crippen MR) is 128 cm³/mol. The number of benzene rings is 1. The maximum Gasteiger partial charge on any atom is 0.328 e. The van der Waals surface area contributed by atoms with Crippen molar-refractivity contribution in [1.82, 2.24) is 19.1 Å². The number of aromatic nitrogens is 4. The van der Waals surface area contributed by atoms with Gasteiger partial charge in [0.25, 0.3) is 5.56 Å². The lowest BCUT2D eigenvalue weighted by molar-refractivity contribution is 0.310. The minimum Gasteiger partial charge on any atom is -0.493 e. The van der Waals surface area contributed by atoms with Gasteiger partial charge in [0.2, 0.25) is 0 Å². The van der Waals surface area contributed by atoms with E-state index in [0.29, 0.717) is 34.9 Å². The van der Waals surface area contributed by atoms with Crippen molar-refractivity contribution in [1.29, 1.82) is 0 Å². The zero-order chi connectivity index (χ0) is 24.5. The molecular formula is C23H24N4O6S. The lowest BCUT2D eigenvalue weighted by atomic mass is 10.1. The van der Waals surface area contributed by atoms with Crippen LogP contribution in [0.3, 0.4) is 0 Å². The molecule has 0 aliphatic carbocycles. The first-order valence-electron chi connectivity index (χ1n) is 10.5. The maximum atomic E-state index is 13.0. The summed E-state index contributed by atoms with van der Waals surface area (Å²) >= 11 is 0. The van der Waals surface area contributed by atoms with Crippen molar-refractivity contribution in [2.24, 2.45) is 0 Å². The smallest absolute Gasteiger partial charge is 0.328 e. The van der Waals surface area contributed by atoms with Crippen molar-refractivity contribution in [3.63, 3.8) is 0 Å². The van der Waals surface area contributed by atoms with Gasteiger partial charge >= 0.3 is 5.69 Å². The third-order valence-electron chi connectivity index (χ3n) is 5.29. The lowest BCUT2D eigenvalue weighted by Gasteiger charge is -2.20. The second-order valence-electron chi connectivity index (χ2n) is 7.73. The molecule has 0 fully saturated rings. The van der Waals surface area contributed by atoms with Crippen LogP contribution in [0.5, 0.6) is 11.5 Å². The summed E-state index contributed by atoms with van der Waals surface area (Å²) < 4.78 is 38.3. The summed E-state index contributed by atoms with van der Waals surface area (Å²) in [7, 11) is -1.99. The van der Waals surface area contributed by atoms with Gasteiger partial charge in [0.15, 0.2) is 17.1 Å². The molecule has 0 amide bonds. The molecule has 1 aromatic carbocycles. The Morgan fingerprint density at radius 3 is 2.59 bits per heavy atom. The Hall–Kier alpha value is -3.86. The van der Waals surface area contributed by atoms with Gasteiger partial charge in [-0.3, -0.25) is 13.9 Å². The molecule has 4 rings (SSSR count). The van der Waals surface area contributed by atoms with Gasteiger partial charge < -0.3 is 14.5 Å². The number of pyridine rings is 2. The standard InChI is InChI=1S/C23H24N4O6S/c1-4-33-20-11-15(8-9-19(20)32-2)18(14-34(3,30)31)27-22-17(25-23(27)29)12-16(13-24-22)26-10-6-5-7-21(26)28/h5-13,18H,4,14H2,1-3H3,(H,25,29). The molecule has 178 valence electrons. The van der Waals surface area contributed by atoms with Gasteiger partial charge in [-0.15, -0.1) is 0 Å². The van der Waals surface area contributed by atoms with Gasteiger partial charge in [-0.25, -0.2) is 18.2 Å². The Morgan fingerprint density at radius 2 is 1.91 bits per heavy atom. The van der Waals surface area contributed by atoms with Gasteiger partial charge in [0, 0.05) is 18.5 Å². The molecule has 0 aliphatic rings. The van der Waals surface area contributed by atoms with Crippen LogP contribution in [0.4, 0.5) is 0 Å². The zero-order valence-corrected chi connectivity index (χ0v) is 19.7. The van der Waals surface area contributed by atoms with Gasteiger partial charge in [-0.05, 0) is 36.8 Å². The number of aromatic amines is 1. The van der Waals surface area contributed by atoms with Gasteiger partial charge in [-0.1, -0.05) is 12.1 Å². The van der Waals surface area contributed by atoms with Crippen LogP contribution >= 0.6 is 0 Å². The highest BCUT2D eigenvalue weighted by Gasteiger charge is 2.25. The highest BCUT2D eigenvalue weighted by Crippen LogP contribution is 2.32. The van der Waals surface area contributed by atoms with E-state index in [0.717, 1.165) is 6.26 Å². The highest BCUT2D eigenvalue weighted by molar-refractivity contribution is 7.90. The molecule has 0 spiro atoms. The number of nitrogens with one attached hydrogen (secondary N) is 1. The average molecular weight is 485 g/mol. The van der Waals surface area contributed by atoms with Crippen molar-refractivity contribution in [2.75, 3.05) is 25.7 Å². The number of H-pyrrole nitrogens is 1. The van der Waals surface area contributed by atoms with Crippen LogP contribution in [0.15, 0.2) is 64.4 Å². The van der Waals surface area contributed by atoms with Crippen LogP contribution in [0, 0.1) is 0 Å². The van der Waals surface area contributed by atoms with Gasteiger partial charge in [0.05, 0.1) is 42.9 Å². The Labute approximate surface area is 195 Å². The quantitative estimate of drug-likeness (QED) is 0.405. The highest BCUT2D eigenvalue weighted by atomic mass is 32.2. The van der Waals surface area contributed by atoms with E-state index < -0.39 is 21.6 Å². The van der Waals surface area contributed by atoms with Crippen LogP contribution in [0.1, 0.15) is 18.5 Å². The Balaban J connectivity index is 1.90. The van der Waals surface area contributed by atoms with E-state index in [2.05, 4.69) is 9.97 Å². The minimum absolute atomic E-state index is 0.248. The van der Waals surface area contributed by atoms with Crippen molar-refractivity contribution in [3.8, 4) is 17.2 Å². The topological polar surface area (TPSA) is 125 Å². The number of fused-ring (bicyclic) bond motifs is 1. The maximum absolute atomic E-state index is 13.0. The molecule has 0 bridgehead atoms. The van der Waals surface area contributed by atoms with Gasteiger partial charge in [-0.2, -0.15) is 0 Å². The van der Waals surface area contributed by atoms with Crippen molar-refractivity contribution in [2.45, 2.75) is 13.0 Å². The Morgan fingerprint density at radius 1 is 1.12 bits per heavy atom. The van der Waals surface area contributed by atoms with E-state index in [1.54, 1.807) is 42.6 Å². The first-order chi connectivity index (χ1) is 16.2. The van der Waals surface area contributed by atoms with E-state index in [1.807, 2.05) is 6.92 Å². The van der Waals surface area contributed by atoms with E-state index in [4.69, 9.17) is 9.47 Å². The van der Waals surface area contributed by atoms with Crippen molar-refractivity contribution >= 4 is 21.0 Å². The molecular weight excluding hydrogens is 460 g/mol. The summed E-state index contributed by atoms with van der Waals surface area (Å²) in [4.78, 5) is 32.4. The minimum atomic E-state index is -3.50. The SMILES string of the molecule is CCOc1cc(C(CS(C)(=O)=O)n2c(=O)[nH]c3cc(-n4ccccc4=O)cnc32)ccc1OC. The predicted octanol–water partition coefficient (Wildman–Crippen LogP) is 1.92. The molecule has 3 heterocycles. The first kappa shape index (κ1) is 23.3. The molecule has 0 aliphatic heterocycles. The molecule has 10 nitrogen and oxygen atoms in total. The number of ether oxygens (including phenoxy) is 2. The van der Waals surface area contributed by atoms with Crippen molar-refractivity contribution in [3.05, 3.63) is 81.3 Å². The summed E-state index contributed by atoms with van der Waals surface area (Å²) in [5.41, 5.74) is 0.872. The number of imidazole rings is 1. The van der Waals surface area contributed by atoms with Crippen LogP contribution in [0.2, 0.25) is 0 Å². The fourth-order valence-corrected chi connectivity index (χ4v) is 4.75. The summed E-state index contributed by atoms with van der Waals surface area (Å²) in [5, 5.41) is 0. The third-order valence-corrected chi connectivity index (χ3v) is 6.21. The fraction of sp³-hybridized carbons (Fsp3) is 0.261. The molecule has 11 heteroatoms. The van der Waals surface area contributed by atoms with Crippen LogP contribution in [0.25, 0.3) is 16.9 Å². The number of sulfone groups is 1. The molecule has 1 unspecified atom stereocenters. The van der Waals surface area contributed by atoms with Crippen molar-refractivity contribution < 1.29 is 17.9 Å². The number of rotatable bonds is 8. The third kappa shape index (κ3) is 4.60. The number of hydrogen-bond donors (Lipinski definition) is 1. The lowest BCUT2D eigenvalue weighted by Crippen LogP contribution is -2.28. The first-order valence-corrected chi connectivity index (χ1v) is 12.5. The summed E-state index contributed by atoms with van der Waals surface area (Å²) in [6.07, 6.45) is 4.17. The molecule has 1 atom stereocenters. The van der Waals surface area contributed by atoms with Crippen LogP contribution in [-0.2, 0) is 9.84 Å². The number of nitrogens with zero attached hydrogens (tertiary/aromatic N) is 3. The summed E-state index contributed by atoms with van der Waals surface area (Å²) in [6, 6.07) is 10.5. The Kier molecular flexibility index (Phi) is 6.29.